The Kier molecular flexibility index (Phi) is 5.61. The number of ether oxygens (including phenoxy) is 1. The zero-order valence-electron chi connectivity index (χ0n) is 16.2. The Bertz CT molecular complexity index is 1160. The van der Waals surface area contributed by atoms with E-state index in [1.54, 1.807) is 12.1 Å². The predicted molar refractivity (Wildman–Crippen MR) is 113 cm³/mol. The van der Waals surface area contributed by atoms with Gasteiger partial charge in [-0.3, -0.25) is 15.1 Å². The molecule has 3 aromatic rings. The van der Waals surface area contributed by atoms with Gasteiger partial charge >= 0.3 is 0 Å². The average Bonchev–Trinajstić information content (AvgIpc) is 3.14. The number of carbonyl (C=O) groups excluding carboxylic acids is 1. The summed E-state index contributed by atoms with van der Waals surface area (Å²) in [7, 11) is 1.53. The molecule has 0 spiro atoms. The molecule has 3 heterocycles. The maximum atomic E-state index is 13.0. The normalized spacial score (nSPS) is 17.7. The minimum absolute atomic E-state index is 0.0293. The monoisotopic (exact) mass is 440 g/mol. The quantitative estimate of drug-likeness (QED) is 0.590. The Morgan fingerprint density at radius 2 is 2.10 bits per heavy atom. The fraction of sp³-hybridized carbons (Fsp3) is 0.300. The van der Waals surface area contributed by atoms with Crippen molar-refractivity contribution < 1.29 is 9.53 Å². The summed E-state index contributed by atoms with van der Waals surface area (Å²) in [6.45, 7) is 1.84. The van der Waals surface area contributed by atoms with Crippen molar-refractivity contribution in [3.8, 4) is 22.9 Å². The molecule has 30 heavy (non-hydrogen) atoms. The van der Waals surface area contributed by atoms with Gasteiger partial charge in [0.25, 0.3) is 5.91 Å². The second-order valence-electron chi connectivity index (χ2n) is 6.90. The lowest BCUT2D eigenvalue weighted by molar-refractivity contribution is 0.102. The number of amides is 1. The van der Waals surface area contributed by atoms with Crippen LogP contribution >= 0.6 is 22.9 Å². The molecule has 1 N–H and O–H groups in total. The molecule has 2 atom stereocenters. The highest BCUT2D eigenvalue weighted by Crippen LogP contribution is 2.43. The second kappa shape index (κ2) is 8.34. The van der Waals surface area contributed by atoms with Gasteiger partial charge in [0.1, 0.15) is 15.9 Å². The van der Waals surface area contributed by atoms with E-state index in [-0.39, 0.29) is 22.9 Å². The Hall–Kier alpha value is -3.09. The maximum Gasteiger partial charge on any atom is 0.259 e. The van der Waals surface area contributed by atoms with Crippen LogP contribution in [-0.4, -0.2) is 33.2 Å². The fourth-order valence-corrected chi connectivity index (χ4v) is 4.40. The molecule has 4 rings (SSSR count). The van der Waals surface area contributed by atoms with Crippen LogP contribution in [0.4, 0.5) is 5.13 Å². The van der Waals surface area contributed by atoms with Gasteiger partial charge < -0.3 is 4.74 Å². The second-order valence-corrected chi connectivity index (χ2v) is 8.29. The van der Waals surface area contributed by atoms with Gasteiger partial charge in [-0.1, -0.05) is 22.9 Å². The number of nitriles is 1. The molecule has 1 amide bonds. The van der Waals surface area contributed by atoms with E-state index in [4.69, 9.17) is 21.6 Å². The number of anilines is 1. The summed E-state index contributed by atoms with van der Waals surface area (Å²) in [5, 5.41) is 21.6. The van der Waals surface area contributed by atoms with Gasteiger partial charge in [-0.2, -0.15) is 5.26 Å². The predicted octanol–water partition coefficient (Wildman–Crippen LogP) is 4.24. The lowest BCUT2D eigenvalue weighted by Crippen LogP contribution is -2.21. The number of aromatic nitrogens is 4. The molecule has 1 aliphatic rings. The molecule has 3 aromatic heterocycles. The number of carbonyl (C=O) groups is 1. The Morgan fingerprint density at radius 1 is 1.27 bits per heavy atom. The van der Waals surface area contributed by atoms with Crippen molar-refractivity contribution in [2.24, 2.45) is 5.92 Å². The zero-order chi connectivity index (χ0) is 21.3. The van der Waals surface area contributed by atoms with Crippen molar-refractivity contribution >= 4 is 34.0 Å². The lowest BCUT2D eigenvalue weighted by Gasteiger charge is -2.28. The summed E-state index contributed by atoms with van der Waals surface area (Å²) in [5.74, 6) is 0.182. The molecule has 0 saturated heterocycles. The number of hydrogen-bond acceptors (Lipinski definition) is 8. The number of halogens is 1. The molecule has 0 radical (unpaired) electrons. The highest BCUT2D eigenvalue weighted by atomic mass is 35.5. The molecule has 0 aliphatic heterocycles. The number of nitrogens with one attached hydrogen (secondary N) is 1. The fourth-order valence-electron chi connectivity index (χ4n) is 3.30. The molecule has 1 aliphatic carbocycles. The summed E-state index contributed by atoms with van der Waals surface area (Å²) in [4.78, 5) is 21.3. The minimum Gasteiger partial charge on any atom is -0.494 e. The Morgan fingerprint density at radius 3 is 2.80 bits per heavy atom. The third kappa shape index (κ3) is 3.84. The van der Waals surface area contributed by atoms with Crippen LogP contribution in [-0.2, 0) is 0 Å². The summed E-state index contributed by atoms with van der Waals surface area (Å²) in [6, 6.07) is 5.73. The highest BCUT2D eigenvalue weighted by Gasteiger charge is 2.35. The van der Waals surface area contributed by atoms with E-state index in [0.29, 0.717) is 27.6 Å². The first-order chi connectivity index (χ1) is 14.5. The van der Waals surface area contributed by atoms with Crippen molar-refractivity contribution in [2.75, 3.05) is 12.4 Å². The van der Waals surface area contributed by atoms with E-state index in [0.717, 1.165) is 23.5 Å². The van der Waals surface area contributed by atoms with Crippen molar-refractivity contribution in [1.29, 1.82) is 5.26 Å². The summed E-state index contributed by atoms with van der Waals surface area (Å²) in [5.41, 5.74) is 2.34. The molecule has 10 heteroatoms. The van der Waals surface area contributed by atoms with E-state index in [1.807, 2.05) is 6.92 Å². The van der Waals surface area contributed by atoms with E-state index in [2.05, 4.69) is 31.6 Å². The van der Waals surface area contributed by atoms with Gasteiger partial charge in [-0.15, -0.1) is 10.2 Å². The Balaban J connectivity index is 1.64. The third-order valence-electron chi connectivity index (χ3n) is 5.05. The maximum absolute atomic E-state index is 13.0. The molecule has 1 fully saturated rings. The SMILES string of the molecule is COc1cnc(Cl)cc1-c1cc(C)ncc1C(=O)Nc1nnc([C@H]2CC[C@@H]2C#N)s1. The summed E-state index contributed by atoms with van der Waals surface area (Å²) < 4.78 is 5.40. The number of pyridine rings is 2. The van der Waals surface area contributed by atoms with Crippen molar-refractivity contribution in [3.63, 3.8) is 0 Å². The van der Waals surface area contributed by atoms with Crippen LogP contribution < -0.4 is 10.1 Å². The van der Waals surface area contributed by atoms with Crippen LogP contribution in [0.3, 0.4) is 0 Å². The molecule has 152 valence electrons. The van der Waals surface area contributed by atoms with Crippen LogP contribution in [0.5, 0.6) is 5.75 Å². The average molecular weight is 441 g/mol. The molecule has 1 saturated carbocycles. The van der Waals surface area contributed by atoms with Crippen molar-refractivity contribution in [2.45, 2.75) is 25.7 Å². The molecular weight excluding hydrogens is 424 g/mol. The lowest BCUT2D eigenvalue weighted by atomic mass is 9.75. The number of hydrogen-bond donors (Lipinski definition) is 1. The number of nitrogens with zero attached hydrogens (tertiary/aromatic N) is 5. The van der Waals surface area contributed by atoms with Crippen molar-refractivity contribution in [3.05, 3.63) is 45.9 Å². The summed E-state index contributed by atoms with van der Waals surface area (Å²) >= 11 is 7.37. The van der Waals surface area contributed by atoms with E-state index < -0.39 is 0 Å². The zero-order valence-corrected chi connectivity index (χ0v) is 17.8. The first-order valence-corrected chi connectivity index (χ1v) is 10.4. The van der Waals surface area contributed by atoms with Crippen LogP contribution in [0.1, 0.15) is 39.8 Å². The first-order valence-electron chi connectivity index (χ1n) is 9.21. The molecule has 0 bridgehead atoms. The van der Waals surface area contributed by atoms with Gasteiger partial charge in [0.05, 0.1) is 30.9 Å². The topological polar surface area (TPSA) is 114 Å². The van der Waals surface area contributed by atoms with Gasteiger partial charge in [-0.05, 0) is 31.9 Å². The molecule has 0 unspecified atom stereocenters. The summed E-state index contributed by atoms with van der Waals surface area (Å²) in [6.07, 6.45) is 4.80. The number of rotatable bonds is 5. The van der Waals surface area contributed by atoms with Gasteiger partial charge in [0, 0.05) is 28.9 Å². The largest absolute Gasteiger partial charge is 0.494 e. The van der Waals surface area contributed by atoms with Gasteiger partial charge in [0.15, 0.2) is 0 Å². The van der Waals surface area contributed by atoms with Crippen LogP contribution in [0, 0.1) is 24.2 Å². The number of methoxy groups -OCH3 is 1. The standard InChI is InChI=1S/C20H17ClN6O2S/c1-10-5-13(14-6-17(21)24-9-16(14)29-2)15(8-23-10)18(28)25-20-27-26-19(30-20)12-4-3-11(12)7-22/h5-6,8-9,11-12H,3-4H2,1-2H3,(H,25,27,28)/t11-,12+/m1/s1. The third-order valence-corrected chi connectivity index (χ3v) is 6.23. The molecular formula is C20H17ClN6O2S. The molecule has 0 aromatic carbocycles. The van der Waals surface area contributed by atoms with Crippen LogP contribution in [0.2, 0.25) is 5.15 Å². The van der Waals surface area contributed by atoms with Crippen LogP contribution in [0.15, 0.2) is 24.5 Å². The first kappa shape index (κ1) is 20.2. The minimum atomic E-state index is -0.374. The van der Waals surface area contributed by atoms with Gasteiger partial charge in [0.2, 0.25) is 5.13 Å². The Labute approximate surface area is 181 Å². The van der Waals surface area contributed by atoms with Gasteiger partial charge in [-0.25, -0.2) is 4.98 Å². The number of aryl methyl sites for hydroxylation is 1. The van der Waals surface area contributed by atoms with E-state index in [1.165, 1.54) is 30.8 Å². The van der Waals surface area contributed by atoms with Crippen molar-refractivity contribution in [1.82, 2.24) is 20.2 Å². The highest BCUT2D eigenvalue weighted by molar-refractivity contribution is 7.15. The van der Waals surface area contributed by atoms with E-state index >= 15 is 0 Å². The molecule has 8 nitrogen and oxygen atoms in total. The van der Waals surface area contributed by atoms with Crippen LogP contribution in [0.25, 0.3) is 11.1 Å². The van der Waals surface area contributed by atoms with E-state index in [9.17, 15) is 4.79 Å². The smallest absolute Gasteiger partial charge is 0.259 e.